The molecular weight excluding hydrogens is 280 g/mol. The van der Waals surface area contributed by atoms with Crippen LogP contribution in [0, 0.1) is 0 Å². The van der Waals surface area contributed by atoms with Crippen molar-refractivity contribution in [2.24, 2.45) is 0 Å². The maximum absolute atomic E-state index is 11.3. The van der Waals surface area contributed by atoms with Gasteiger partial charge in [0.1, 0.15) is 23.0 Å². The summed E-state index contributed by atoms with van der Waals surface area (Å²) >= 11 is 0. The number of rotatable bonds is 1. The van der Waals surface area contributed by atoms with Crippen molar-refractivity contribution in [1.29, 1.82) is 0 Å². The Labute approximate surface area is 120 Å². The third-order valence-corrected chi connectivity index (χ3v) is 2.87. The number of hydrogen-bond acceptors (Lipinski definition) is 4. The summed E-state index contributed by atoms with van der Waals surface area (Å²) in [5.74, 6) is 0.959. The predicted octanol–water partition coefficient (Wildman–Crippen LogP) is 3.24. The highest BCUT2D eigenvalue weighted by atomic mass is 35.5. The van der Waals surface area contributed by atoms with E-state index in [4.69, 9.17) is 4.42 Å². The van der Waals surface area contributed by atoms with Gasteiger partial charge in [0.15, 0.2) is 5.43 Å². The molecule has 0 radical (unpaired) electrons. The largest absolute Gasteiger partial charge is 0.508 e. The number of halogens is 1. The van der Waals surface area contributed by atoms with Crippen molar-refractivity contribution in [2.45, 2.75) is 0 Å². The van der Waals surface area contributed by atoms with Gasteiger partial charge >= 0.3 is 0 Å². The van der Waals surface area contributed by atoms with E-state index in [0.29, 0.717) is 17.1 Å². The van der Waals surface area contributed by atoms with Crippen molar-refractivity contribution >= 4 is 12.4 Å². The van der Waals surface area contributed by atoms with Crippen molar-refractivity contribution in [3.63, 3.8) is 0 Å². The molecule has 0 unspecified atom stereocenters. The average Bonchev–Trinajstić information content (AvgIpc) is 2.38. The Morgan fingerprint density at radius 2 is 1.55 bits per heavy atom. The summed E-state index contributed by atoms with van der Waals surface area (Å²) in [7, 11) is 0. The molecule has 0 bridgehead atoms. The molecule has 0 aromatic heterocycles. The second kappa shape index (κ2) is 5.27. The molecule has 0 amide bonds. The van der Waals surface area contributed by atoms with Gasteiger partial charge in [0.25, 0.3) is 0 Å². The summed E-state index contributed by atoms with van der Waals surface area (Å²) in [5.41, 5.74) is 0.953. The first kappa shape index (κ1) is 14.0. The summed E-state index contributed by atoms with van der Waals surface area (Å²) in [6.07, 6.45) is 0. The minimum absolute atomic E-state index is 0. The molecule has 2 N–H and O–H groups in total. The minimum Gasteiger partial charge on any atom is -0.508 e. The van der Waals surface area contributed by atoms with E-state index in [9.17, 15) is 15.0 Å². The smallest absolute Gasteiger partial charge is 0.186 e. The highest BCUT2D eigenvalue weighted by molar-refractivity contribution is 5.85. The average molecular weight is 291 g/mol. The lowest BCUT2D eigenvalue weighted by molar-refractivity contribution is 0.471. The Balaban J connectivity index is 0.00000147. The van der Waals surface area contributed by atoms with Crippen molar-refractivity contribution in [2.75, 3.05) is 0 Å². The van der Waals surface area contributed by atoms with Crippen molar-refractivity contribution in [3.05, 3.63) is 58.8 Å². The van der Waals surface area contributed by atoms with Crippen molar-refractivity contribution in [1.82, 2.24) is 0 Å². The molecule has 0 saturated carbocycles. The van der Waals surface area contributed by atoms with Gasteiger partial charge in [-0.1, -0.05) is 0 Å². The molecule has 3 rings (SSSR count). The van der Waals surface area contributed by atoms with Crippen molar-refractivity contribution in [3.8, 4) is 34.1 Å². The summed E-state index contributed by atoms with van der Waals surface area (Å²) in [5, 5.41) is 18.9. The van der Waals surface area contributed by atoms with Crippen LogP contribution in [-0.4, -0.2) is 10.2 Å². The summed E-state index contributed by atoms with van der Waals surface area (Å²) in [4.78, 5) is 11.3. The van der Waals surface area contributed by atoms with Crippen LogP contribution in [0.25, 0.3) is 22.6 Å². The number of hydrogen-bond donors (Lipinski definition) is 2. The van der Waals surface area contributed by atoms with Gasteiger partial charge in [0.2, 0.25) is 0 Å². The van der Waals surface area contributed by atoms with E-state index >= 15 is 0 Å². The number of phenolic OH excluding ortho intramolecular Hbond substituents is 2. The van der Waals surface area contributed by atoms with E-state index in [1.54, 1.807) is 36.4 Å². The highest BCUT2D eigenvalue weighted by Gasteiger charge is 2.12. The fourth-order valence-corrected chi connectivity index (χ4v) is 1.93. The van der Waals surface area contributed by atoms with Crippen LogP contribution in [0.2, 0.25) is 0 Å². The summed E-state index contributed by atoms with van der Waals surface area (Å²) in [6.45, 7) is 0. The molecule has 0 atom stereocenters. The van der Waals surface area contributed by atoms with Crippen LogP contribution >= 0.6 is 12.4 Å². The second-order valence-electron chi connectivity index (χ2n) is 4.20. The van der Waals surface area contributed by atoms with Crippen LogP contribution in [0.15, 0.2) is 57.7 Å². The molecule has 1 heterocycles. The highest BCUT2D eigenvalue weighted by Crippen LogP contribution is 2.33. The fraction of sp³-hybridized carbons (Fsp3) is 0. The lowest BCUT2D eigenvalue weighted by Crippen LogP contribution is -1.98. The van der Waals surface area contributed by atoms with Gasteiger partial charge in [-0.2, -0.15) is 0 Å². The maximum atomic E-state index is 11.3. The first-order chi connectivity index (χ1) is 9.13. The first-order valence-corrected chi connectivity index (χ1v) is 5.70. The molecule has 0 spiro atoms. The molecular formula is C15H11ClO4. The van der Waals surface area contributed by atoms with Crippen LogP contribution in [0.3, 0.4) is 0 Å². The Morgan fingerprint density at radius 1 is 0.850 bits per heavy atom. The molecule has 1 aliphatic carbocycles. The lowest BCUT2D eigenvalue weighted by Gasteiger charge is -2.08. The normalized spacial score (nSPS) is 10.2. The Kier molecular flexibility index (Phi) is 3.68. The lowest BCUT2D eigenvalue weighted by atomic mass is 10.1. The second-order valence-corrected chi connectivity index (χ2v) is 4.20. The molecule has 20 heavy (non-hydrogen) atoms. The zero-order chi connectivity index (χ0) is 13.4. The van der Waals surface area contributed by atoms with E-state index in [1.807, 2.05) is 0 Å². The molecule has 4 nitrogen and oxygen atoms in total. The van der Waals surface area contributed by atoms with Crippen LogP contribution in [0.1, 0.15) is 0 Å². The Hall–Kier alpha value is -2.46. The summed E-state index contributed by atoms with van der Waals surface area (Å²) < 4.78 is 5.61. The van der Waals surface area contributed by atoms with Gasteiger partial charge in [-0.05, 0) is 36.4 Å². The molecule has 2 aliphatic rings. The molecule has 102 valence electrons. The molecule has 0 saturated heterocycles. The maximum Gasteiger partial charge on any atom is 0.186 e. The van der Waals surface area contributed by atoms with E-state index in [0.717, 1.165) is 11.6 Å². The van der Waals surface area contributed by atoms with Gasteiger partial charge in [-0.25, -0.2) is 0 Å². The van der Waals surface area contributed by atoms with E-state index < -0.39 is 0 Å². The molecule has 5 heteroatoms. The van der Waals surface area contributed by atoms with E-state index in [2.05, 4.69) is 0 Å². The van der Waals surface area contributed by atoms with E-state index in [1.165, 1.54) is 6.07 Å². The van der Waals surface area contributed by atoms with E-state index in [-0.39, 0.29) is 29.3 Å². The monoisotopic (exact) mass is 290 g/mol. The van der Waals surface area contributed by atoms with Crippen LogP contribution in [-0.2, 0) is 0 Å². The minimum atomic E-state index is -0.309. The molecule has 0 fully saturated rings. The molecule has 1 aromatic rings. The van der Waals surface area contributed by atoms with Gasteiger partial charge in [0.05, 0.1) is 5.56 Å². The zero-order valence-electron chi connectivity index (χ0n) is 10.2. The predicted molar refractivity (Wildman–Crippen MR) is 77.6 cm³/mol. The number of aromatic hydroxyl groups is 2. The van der Waals surface area contributed by atoms with Gasteiger partial charge in [-0.15, -0.1) is 12.4 Å². The Morgan fingerprint density at radius 3 is 2.25 bits per heavy atom. The van der Waals surface area contributed by atoms with Crippen LogP contribution in [0.4, 0.5) is 0 Å². The first-order valence-electron chi connectivity index (χ1n) is 5.70. The van der Waals surface area contributed by atoms with Gasteiger partial charge in [-0.3, -0.25) is 4.79 Å². The van der Waals surface area contributed by atoms with Gasteiger partial charge < -0.3 is 14.6 Å². The standard InChI is InChI=1S/C15H10O4.ClH/c16-10-3-1-9(2-4-10)14-6-5-12-13(18)7-11(17)8-15(12)19-14;/h1-8,16,18H;1H. The van der Waals surface area contributed by atoms with Crippen LogP contribution < -0.4 is 5.43 Å². The zero-order valence-corrected chi connectivity index (χ0v) is 11.1. The molecule has 1 aliphatic heterocycles. The third kappa shape index (κ3) is 2.46. The van der Waals surface area contributed by atoms with Gasteiger partial charge in [0, 0.05) is 17.7 Å². The topological polar surface area (TPSA) is 70.7 Å². The fourth-order valence-electron chi connectivity index (χ4n) is 1.93. The quantitative estimate of drug-likeness (QED) is 0.722. The number of fused-ring (bicyclic) bond motifs is 1. The Bertz CT molecular complexity index is 762. The number of benzene rings is 2. The SMILES string of the molecule is Cl.O=c1cc2oc(-c3ccc(O)cc3)ccc-2c(O)c1. The number of phenols is 2. The summed E-state index contributed by atoms with van der Waals surface area (Å²) in [6, 6.07) is 12.4. The van der Waals surface area contributed by atoms with Crippen LogP contribution in [0.5, 0.6) is 11.5 Å². The third-order valence-electron chi connectivity index (χ3n) is 2.87. The molecule has 1 aromatic carbocycles. The van der Waals surface area contributed by atoms with Crippen molar-refractivity contribution < 1.29 is 14.6 Å².